The van der Waals surface area contributed by atoms with Gasteiger partial charge in [0.15, 0.2) is 0 Å². The molecule has 0 aliphatic rings. The Balaban J connectivity index is 3.25. The van der Waals surface area contributed by atoms with E-state index in [0.29, 0.717) is 4.47 Å². The van der Waals surface area contributed by atoms with Gasteiger partial charge in [0.1, 0.15) is 17.4 Å². The predicted octanol–water partition coefficient (Wildman–Crippen LogP) is 3.10. The summed E-state index contributed by atoms with van der Waals surface area (Å²) in [5.41, 5.74) is -0.0817. The van der Waals surface area contributed by atoms with Crippen LogP contribution in [-0.2, 0) is 4.74 Å². The molecule has 1 aromatic carbocycles. The van der Waals surface area contributed by atoms with Crippen LogP contribution in [-0.4, -0.2) is 19.2 Å². The van der Waals surface area contributed by atoms with Crippen molar-refractivity contribution in [2.75, 3.05) is 6.61 Å². The summed E-state index contributed by atoms with van der Waals surface area (Å²) in [5.74, 6) is -1.18. The van der Waals surface area contributed by atoms with Gasteiger partial charge in [-0.05, 0) is 28.9 Å². The predicted molar refractivity (Wildman–Crippen MR) is 61.4 cm³/mol. The highest BCUT2D eigenvalue weighted by molar-refractivity contribution is 9.10. The Bertz CT molecular complexity index is 500. The molecule has 1 rings (SSSR count). The number of nitriles is 1. The van der Waals surface area contributed by atoms with Crippen LogP contribution >= 0.6 is 15.9 Å². The number of alkyl halides is 2. The lowest BCUT2D eigenvalue weighted by atomic mass is 10.1. The van der Waals surface area contributed by atoms with E-state index >= 15 is 0 Å². The number of carbonyl (C=O) groups is 1. The first kappa shape index (κ1) is 14.4. The molecule has 96 valence electrons. The maximum absolute atomic E-state index is 12.2. The van der Waals surface area contributed by atoms with Gasteiger partial charge in [-0.15, -0.1) is 0 Å². The highest BCUT2D eigenvalue weighted by atomic mass is 79.9. The van der Waals surface area contributed by atoms with E-state index in [4.69, 9.17) is 10.00 Å². The molecule has 1 aromatic rings. The van der Waals surface area contributed by atoms with Crippen molar-refractivity contribution in [1.82, 2.24) is 0 Å². The summed E-state index contributed by atoms with van der Waals surface area (Å²) in [6, 6.07) is 4.06. The number of hydrogen-bond acceptors (Lipinski definition) is 4. The number of esters is 1. The van der Waals surface area contributed by atoms with E-state index in [0.717, 1.165) is 6.07 Å². The van der Waals surface area contributed by atoms with Gasteiger partial charge < -0.3 is 9.47 Å². The van der Waals surface area contributed by atoms with E-state index in [1.807, 2.05) is 0 Å². The van der Waals surface area contributed by atoms with Crippen LogP contribution in [0.3, 0.4) is 0 Å². The molecule has 0 bridgehead atoms. The maximum atomic E-state index is 12.2. The first-order valence-electron chi connectivity index (χ1n) is 4.85. The zero-order valence-corrected chi connectivity index (χ0v) is 10.8. The third-order valence-corrected chi connectivity index (χ3v) is 2.56. The summed E-state index contributed by atoms with van der Waals surface area (Å²) < 4.78 is 33.6. The lowest BCUT2D eigenvalue weighted by molar-refractivity contribution is -0.0504. The lowest BCUT2D eigenvalue weighted by Crippen LogP contribution is -2.11. The number of hydrogen-bond donors (Lipinski definition) is 0. The molecule has 0 saturated heterocycles. The summed E-state index contributed by atoms with van der Waals surface area (Å²) in [4.78, 5) is 11.5. The van der Waals surface area contributed by atoms with Crippen LogP contribution in [0, 0.1) is 11.3 Å². The fourth-order valence-electron chi connectivity index (χ4n) is 1.20. The van der Waals surface area contributed by atoms with E-state index in [1.54, 1.807) is 13.0 Å². The average Bonchev–Trinajstić information content (AvgIpc) is 2.30. The first-order valence-corrected chi connectivity index (χ1v) is 5.64. The Morgan fingerprint density at radius 1 is 1.56 bits per heavy atom. The fraction of sp³-hybridized carbons (Fsp3) is 0.273. The van der Waals surface area contributed by atoms with Crippen molar-refractivity contribution in [2.45, 2.75) is 13.5 Å². The number of halogens is 3. The molecule has 0 radical (unpaired) electrons. The van der Waals surface area contributed by atoms with Crippen LogP contribution in [0.15, 0.2) is 16.6 Å². The lowest BCUT2D eigenvalue weighted by Gasteiger charge is -2.11. The molecule has 0 spiro atoms. The van der Waals surface area contributed by atoms with Crippen molar-refractivity contribution < 1.29 is 23.0 Å². The summed E-state index contributed by atoms with van der Waals surface area (Å²) in [6.45, 7) is -1.40. The van der Waals surface area contributed by atoms with E-state index in [-0.39, 0.29) is 23.5 Å². The quantitative estimate of drug-likeness (QED) is 0.800. The van der Waals surface area contributed by atoms with Gasteiger partial charge in [-0.3, -0.25) is 0 Å². The standard InChI is InChI=1S/C11H8BrF2NO3/c1-2-17-10(16)7-4-8(12)6(5-15)3-9(7)18-11(13)14/h3-4,11H,2H2,1H3. The fourth-order valence-corrected chi connectivity index (χ4v) is 1.63. The Morgan fingerprint density at radius 2 is 2.22 bits per heavy atom. The normalized spacial score (nSPS) is 10.0. The Labute approximate surface area is 110 Å². The molecule has 0 amide bonds. The van der Waals surface area contributed by atoms with Crippen LogP contribution in [0.2, 0.25) is 0 Å². The maximum Gasteiger partial charge on any atom is 0.387 e. The Hall–Kier alpha value is -1.68. The Kier molecular flexibility index (Phi) is 5.04. The molecule has 0 fully saturated rings. The molecule has 0 aliphatic heterocycles. The summed E-state index contributed by atoms with van der Waals surface area (Å²) in [6.07, 6.45) is 0. The van der Waals surface area contributed by atoms with Gasteiger partial charge in [0, 0.05) is 10.5 Å². The van der Waals surface area contributed by atoms with Crippen LogP contribution in [0.1, 0.15) is 22.8 Å². The van der Waals surface area contributed by atoms with Crippen LogP contribution in [0.25, 0.3) is 0 Å². The second kappa shape index (κ2) is 6.31. The third-order valence-electron chi connectivity index (χ3n) is 1.90. The van der Waals surface area contributed by atoms with Crippen molar-refractivity contribution >= 4 is 21.9 Å². The smallest absolute Gasteiger partial charge is 0.387 e. The van der Waals surface area contributed by atoms with Crippen molar-refractivity contribution in [1.29, 1.82) is 5.26 Å². The minimum absolute atomic E-state index is 0.0821. The van der Waals surface area contributed by atoms with Crippen LogP contribution in [0.4, 0.5) is 8.78 Å². The minimum Gasteiger partial charge on any atom is -0.462 e. The summed E-state index contributed by atoms with van der Waals surface area (Å²) in [7, 11) is 0. The molecule has 0 unspecified atom stereocenters. The van der Waals surface area contributed by atoms with E-state index in [1.165, 1.54) is 6.07 Å². The third kappa shape index (κ3) is 3.40. The number of rotatable bonds is 4. The number of benzene rings is 1. The van der Waals surface area contributed by atoms with Gasteiger partial charge >= 0.3 is 12.6 Å². The second-order valence-corrected chi connectivity index (χ2v) is 3.89. The molecule has 0 aromatic heterocycles. The van der Waals surface area contributed by atoms with Crippen molar-refractivity contribution in [3.63, 3.8) is 0 Å². The van der Waals surface area contributed by atoms with Crippen LogP contribution in [0.5, 0.6) is 5.75 Å². The van der Waals surface area contributed by atoms with Crippen molar-refractivity contribution in [2.24, 2.45) is 0 Å². The molecule has 0 heterocycles. The monoisotopic (exact) mass is 319 g/mol. The molecule has 0 N–H and O–H groups in total. The van der Waals surface area contributed by atoms with E-state index < -0.39 is 12.6 Å². The molecule has 0 aliphatic carbocycles. The Morgan fingerprint density at radius 3 is 2.72 bits per heavy atom. The topological polar surface area (TPSA) is 59.3 Å². The molecule has 18 heavy (non-hydrogen) atoms. The minimum atomic E-state index is -3.09. The van der Waals surface area contributed by atoms with Gasteiger partial charge in [0.2, 0.25) is 0 Å². The van der Waals surface area contributed by atoms with Gasteiger partial charge in [-0.25, -0.2) is 4.79 Å². The zero-order chi connectivity index (χ0) is 13.7. The van der Waals surface area contributed by atoms with Crippen molar-refractivity contribution in [3.8, 4) is 11.8 Å². The SMILES string of the molecule is CCOC(=O)c1cc(Br)c(C#N)cc1OC(F)F. The van der Waals surface area contributed by atoms with Gasteiger partial charge in [0.05, 0.1) is 12.2 Å². The largest absolute Gasteiger partial charge is 0.462 e. The van der Waals surface area contributed by atoms with Gasteiger partial charge in [-0.1, -0.05) is 0 Å². The van der Waals surface area contributed by atoms with Gasteiger partial charge in [0.25, 0.3) is 0 Å². The summed E-state index contributed by atoms with van der Waals surface area (Å²) >= 11 is 3.05. The van der Waals surface area contributed by atoms with E-state index in [2.05, 4.69) is 20.7 Å². The molecule has 4 nitrogen and oxygen atoms in total. The molecular formula is C11H8BrF2NO3. The van der Waals surface area contributed by atoms with Crippen molar-refractivity contribution in [3.05, 3.63) is 27.7 Å². The summed E-state index contributed by atoms with van der Waals surface area (Å²) in [5, 5.41) is 8.77. The second-order valence-electron chi connectivity index (χ2n) is 3.04. The average molecular weight is 320 g/mol. The highest BCUT2D eigenvalue weighted by Crippen LogP contribution is 2.29. The van der Waals surface area contributed by atoms with E-state index in [9.17, 15) is 13.6 Å². The zero-order valence-electron chi connectivity index (χ0n) is 9.25. The van der Waals surface area contributed by atoms with Gasteiger partial charge in [-0.2, -0.15) is 14.0 Å². The molecule has 7 heteroatoms. The number of nitrogens with zero attached hydrogens (tertiary/aromatic N) is 1. The number of carbonyl (C=O) groups excluding carboxylic acids is 1. The molecule has 0 saturated carbocycles. The number of ether oxygens (including phenoxy) is 2. The molecular weight excluding hydrogens is 312 g/mol. The highest BCUT2D eigenvalue weighted by Gasteiger charge is 2.19. The molecule has 0 atom stereocenters. The van der Waals surface area contributed by atoms with Crippen LogP contribution < -0.4 is 4.74 Å². The first-order chi connectivity index (χ1) is 8.49.